The molecule has 0 amide bonds. The molecule has 2 aromatic carbocycles. The highest BCUT2D eigenvalue weighted by Crippen LogP contribution is 2.34. The SMILES string of the molecule is COC(=O)c1c(SCc2ccc(F)cc2)nc(SC)nc1SCc1ccc(Cl)cc1. The summed E-state index contributed by atoms with van der Waals surface area (Å²) < 4.78 is 18.2. The van der Waals surface area contributed by atoms with Crippen molar-refractivity contribution in [2.24, 2.45) is 0 Å². The number of ether oxygens (including phenoxy) is 1. The molecule has 0 unspecified atom stereocenters. The van der Waals surface area contributed by atoms with Gasteiger partial charge in [0, 0.05) is 16.5 Å². The number of hydrogen-bond donors (Lipinski definition) is 0. The summed E-state index contributed by atoms with van der Waals surface area (Å²) in [6.45, 7) is 0. The molecule has 0 aliphatic heterocycles. The Hall–Kier alpha value is -1.74. The van der Waals surface area contributed by atoms with Crippen LogP contribution in [0.5, 0.6) is 0 Å². The van der Waals surface area contributed by atoms with Crippen LogP contribution in [0, 0.1) is 5.82 Å². The zero-order valence-corrected chi connectivity index (χ0v) is 19.4. The van der Waals surface area contributed by atoms with E-state index in [0.29, 0.717) is 37.3 Å². The van der Waals surface area contributed by atoms with Crippen molar-refractivity contribution in [3.63, 3.8) is 0 Å². The molecule has 0 spiro atoms. The Balaban J connectivity index is 1.89. The van der Waals surface area contributed by atoms with E-state index in [1.54, 1.807) is 12.1 Å². The van der Waals surface area contributed by atoms with E-state index in [1.165, 1.54) is 54.5 Å². The van der Waals surface area contributed by atoms with Crippen LogP contribution in [-0.4, -0.2) is 29.3 Å². The van der Waals surface area contributed by atoms with Crippen molar-refractivity contribution in [2.45, 2.75) is 26.7 Å². The minimum atomic E-state index is -0.483. The lowest BCUT2D eigenvalue weighted by Crippen LogP contribution is -2.10. The van der Waals surface area contributed by atoms with Crippen molar-refractivity contribution in [2.75, 3.05) is 13.4 Å². The van der Waals surface area contributed by atoms with Crippen molar-refractivity contribution in [1.82, 2.24) is 9.97 Å². The first-order valence-electron chi connectivity index (χ1n) is 8.79. The number of methoxy groups -OCH3 is 1. The fourth-order valence-corrected chi connectivity index (χ4v) is 5.06. The van der Waals surface area contributed by atoms with Crippen LogP contribution >= 0.6 is 46.9 Å². The first-order chi connectivity index (χ1) is 14.5. The second kappa shape index (κ2) is 11.0. The van der Waals surface area contributed by atoms with Crippen LogP contribution < -0.4 is 0 Å². The summed E-state index contributed by atoms with van der Waals surface area (Å²) in [5, 5.41) is 2.36. The van der Waals surface area contributed by atoms with Gasteiger partial charge in [0.15, 0.2) is 5.16 Å². The number of nitrogens with zero attached hydrogens (tertiary/aromatic N) is 2. The van der Waals surface area contributed by atoms with Gasteiger partial charge < -0.3 is 4.74 Å². The molecule has 3 aromatic rings. The molecule has 3 rings (SSSR count). The number of thioether (sulfide) groups is 3. The molecule has 0 atom stereocenters. The molecule has 9 heteroatoms. The average Bonchev–Trinajstić information content (AvgIpc) is 2.77. The molecule has 0 saturated carbocycles. The second-order valence-corrected chi connectivity index (χ2v) is 9.16. The molecule has 156 valence electrons. The smallest absolute Gasteiger partial charge is 0.343 e. The Labute approximate surface area is 192 Å². The van der Waals surface area contributed by atoms with E-state index in [-0.39, 0.29) is 5.82 Å². The maximum Gasteiger partial charge on any atom is 0.343 e. The van der Waals surface area contributed by atoms with E-state index >= 15 is 0 Å². The Kier molecular flexibility index (Phi) is 8.44. The third kappa shape index (κ3) is 6.14. The lowest BCUT2D eigenvalue weighted by Gasteiger charge is -2.13. The molecule has 0 fully saturated rings. The van der Waals surface area contributed by atoms with Gasteiger partial charge in [-0.3, -0.25) is 0 Å². The van der Waals surface area contributed by atoms with Gasteiger partial charge in [-0.1, -0.05) is 47.6 Å². The van der Waals surface area contributed by atoms with E-state index in [0.717, 1.165) is 11.1 Å². The predicted octanol–water partition coefficient (Wildman–Crippen LogP) is 6.36. The third-order valence-electron chi connectivity index (χ3n) is 3.97. The lowest BCUT2D eigenvalue weighted by molar-refractivity contribution is 0.0590. The number of rotatable bonds is 8. The first-order valence-corrected chi connectivity index (χ1v) is 12.4. The highest BCUT2D eigenvalue weighted by Gasteiger charge is 2.22. The largest absolute Gasteiger partial charge is 0.465 e. The molecular weight excluding hydrogens is 463 g/mol. The Morgan fingerprint density at radius 1 is 0.967 bits per heavy atom. The van der Waals surface area contributed by atoms with Crippen molar-refractivity contribution >= 4 is 52.9 Å². The minimum Gasteiger partial charge on any atom is -0.465 e. The molecule has 0 aliphatic carbocycles. The molecular formula is C21H18ClFN2O2S3. The Bertz CT molecular complexity index is 947. The van der Waals surface area contributed by atoms with E-state index in [4.69, 9.17) is 16.3 Å². The number of carbonyl (C=O) groups excluding carboxylic acids is 1. The van der Waals surface area contributed by atoms with Crippen molar-refractivity contribution in [1.29, 1.82) is 0 Å². The summed E-state index contributed by atoms with van der Waals surface area (Å²) >= 11 is 10.2. The van der Waals surface area contributed by atoms with Crippen LogP contribution in [0.25, 0.3) is 0 Å². The predicted molar refractivity (Wildman–Crippen MR) is 122 cm³/mol. The highest BCUT2D eigenvalue weighted by molar-refractivity contribution is 7.99. The topological polar surface area (TPSA) is 52.1 Å². The molecule has 30 heavy (non-hydrogen) atoms. The summed E-state index contributed by atoms with van der Waals surface area (Å²) in [5.74, 6) is 0.388. The standard InChI is InChI=1S/C21H18ClFN2O2S3/c1-27-20(26)17-18(29-11-13-3-7-15(22)8-4-13)24-21(28-2)25-19(17)30-12-14-5-9-16(23)10-6-14/h3-10H,11-12H2,1-2H3. The van der Waals surface area contributed by atoms with Crippen molar-refractivity contribution in [3.05, 3.63) is 76.1 Å². The van der Waals surface area contributed by atoms with Crippen molar-refractivity contribution in [3.8, 4) is 0 Å². The van der Waals surface area contributed by atoms with Crippen molar-refractivity contribution < 1.29 is 13.9 Å². The van der Waals surface area contributed by atoms with Gasteiger partial charge in [-0.2, -0.15) is 0 Å². The van der Waals surface area contributed by atoms with Crippen LogP contribution in [0.2, 0.25) is 5.02 Å². The average molecular weight is 481 g/mol. The number of hydrogen-bond acceptors (Lipinski definition) is 7. The minimum absolute atomic E-state index is 0.286. The van der Waals surface area contributed by atoms with Gasteiger partial charge in [-0.15, -0.1) is 23.5 Å². The number of carbonyl (C=O) groups is 1. The fraction of sp³-hybridized carbons (Fsp3) is 0.190. The highest BCUT2D eigenvalue weighted by atomic mass is 35.5. The van der Waals surface area contributed by atoms with Gasteiger partial charge in [0.2, 0.25) is 0 Å². The normalized spacial score (nSPS) is 10.8. The van der Waals surface area contributed by atoms with E-state index in [2.05, 4.69) is 9.97 Å². The molecule has 0 bridgehead atoms. The van der Waals surface area contributed by atoms with Crippen LogP contribution in [0.15, 0.2) is 63.7 Å². The van der Waals surface area contributed by atoms with E-state index in [9.17, 15) is 9.18 Å². The summed E-state index contributed by atoms with van der Waals surface area (Å²) in [7, 11) is 1.34. The summed E-state index contributed by atoms with van der Waals surface area (Å²) in [5.41, 5.74) is 2.34. The van der Waals surface area contributed by atoms with E-state index < -0.39 is 5.97 Å². The Morgan fingerprint density at radius 2 is 1.47 bits per heavy atom. The van der Waals surface area contributed by atoms with Gasteiger partial charge in [-0.05, 0) is 41.6 Å². The number of benzene rings is 2. The van der Waals surface area contributed by atoms with Crippen LogP contribution in [0.3, 0.4) is 0 Å². The lowest BCUT2D eigenvalue weighted by atomic mass is 10.2. The van der Waals surface area contributed by atoms with Gasteiger partial charge in [-0.25, -0.2) is 19.2 Å². The number of esters is 1. The third-order valence-corrected chi connectivity index (χ3v) is 6.86. The van der Waals surface area contributed by atoms with E-state index in [1.807, 2.05) is 30.5 Å². The molecule has 0 saturated heterocycles. The molecule has 0 N–H and O–H groups in total. The molecule has 1 aromatic heterocycles. The zero-order chi connectivity index (χ0) is 21.5. The first kappa shape index (κ1) is 22.9. The fourth-order valence-electron chi connectivity index (χ4n) is 2.44. The Morgan fingerprint density at radius 3 is 1.93 bits per heavy atom. The maximum atomic E-state index is 13.2. The van der Waals surface area contributed by atoms with Gasteiger partial charge in [0.25, 0.3) is 0 Å². The summed E-state index contributed by atoms with van der Waals surface area (Å²) in [6.07, 6.45) is 1.88. The quantitative estimate of drug-likeness (QED) is 0.161. The van der Waals surface area contributed by atoms with Gasteiger partial charge in [0.05, 0.1) is 7.11 Å². The second-order valence-electron chi connectivity index (χ2n) is 6.02. The molecule has 0 aliphatic rings. The maximum absolute atomic E-state index is 13.2. The van der Waals surface area contributed by atoms with Crippen LogP contribution in [0.4, 0.5) is 4.39 Å². The summed E-state index contributed by atoms with van der Waals surface area (Å²) in [6, 6.07) is 13.8. The molecule has 4 nitrogen and oxygen atoms in total. The molecule has 0 radical (unpaired) electrons. The van der Waals surface area contributed by atoms with Crippen LogP contribution in [0.1, 0.15) is 21.5 Å². The van der Waals surface area contributed by atoms with Crippen LogP contribution in [-0.2, 0) is 16.2 Å². The van der Waals surface area contributed by atoms with Gasteiger partial charge in [0.1, 0.15) is 21.4 Å². The van der Waals surface area contributed by atoms with Gasteiger partial charge >= 0.3 is 5.97 Å². The number of halogens is 2. The zero-order valence-electron chi connectivity index (χ0n) is 16.2. The monoisotopic (exact) mass is 480 g/mol. The number of aromatic nitrogens is 2. The molecule has 1 heterocycles. The summed E-state index contributed by atoms with van der Waals surface area (Å²) in [4.78, 5) is 21.6.